The molecular formula is C14H17N3O2S. The van der Waals surface area contributed by atoms with Crippen molar-refractivity contribution in [2.24, 2.45) is 0 Å². The van der Waals surface area contributed by atoms with Gasteiger partial charge in [0, 0.05) is 18.4 Å². The fourth-order valence-electron chi connectivity index (χ4n) is 2.99. The minimum atomic E-state index is -0.804. The molecule has 0 bridgehead atoms. The minimum absolute atomic E-state index is 0.179. The first-order valence-corrected chi connectivity index (χ1v) is 7.53. The van der Waals surface area contributed by atoms with Crippen LogP contribution in [0.2, 0.25) is 0 Å². The average molecular weight is 291 g/mol. The fourth-order valence-corrected chi connectivity index (χ4v) is 3.71. The molecular weight excluding hydrogens is 274 g/mol. The van der Waals surface area contributed by atoms with Crippen molar-refractivity contribution < 1.29 is 9.90 Å². The molecule has 1 aliphatic rings. The van der Waals surface area contributed by atoms with E-state index in [0.29, 0.717) is 12.8 Å². The van der Waals surface area contributed by atoms with Gasteiger partial charge in [-0.3, -0.25) is 4.79 Å². The van der Waals surface area contributed by atoms with Crippen molar-refractivity contribution in [3.63, 3.8) is 0 Å². The summed E-state index contributed by atoms with van der Waals surface area (Å²) >= 11 is 1.65. The number of imidazole rings is 1. The first kappa shape index (κ1) is 13.3. The van der Waals surface area contributed by atoms with E-state index in [4.69, 9.17) is 0 Å². The molecule has 0 spiro atoms. The molecule has 2 aromatic heterocycles. The van der Waals surface area contributed by atoms with Crippen LogP contribution >= 0.6 is 11.3 Å². The van der Waals surface area contributed by atoms with Gasteiger partial charge in [-0.2, -0.15) is 0 Å². The maximum Gasteiger partial charge on any atom is 0.323 e. The summed E-state index contributed by atoms with van der Waals surface area (Å²) in [5.74, 6) is 0.169. The fraction of sp³-hybridized carbons (Fsp3) is 0.429. The van der Waals surface area contributed by atoms with Crippen molar-refractivity contribution in [1.29, 1.82) is 0 Å². The van der Waals surface area contributed by atoms with Gasteiger partial charge in [-0.05, 0) is 37.8 Å². The number of carbonyl (C=O) groups is 1. The van der Waals surface area contributed by atoms with Gasteiger partial charge in [0.25, 0.3) is 0 Å². The maximum absolute atomic E-state index is 11.5. The monoisotopic (exact) mass is 291 g/mol. The molecule has 0 saturated heterocycles. The first-order chi connectivity index (χ1) is 9.66. The van der Waals surface area contributed by atoms with E-state index in [9.17, 15) is 9.90 Å². The number of nitrogens with zero attached hydrogens (tertiary/aromatic N) is 2. The molecule has 1 fully saturated rings. The lowest BCUT2D eigenvalue weighted by atomic mass is 9.98. The normalized spacial score (nSPS) is 25.9. The van der Waals surface area contributed by atoms with Crippen LogP contribution in [0.1, 0.15) is 25.3 Å². The van der Waals surface area contributed by atoms with E-state index < -0.39 is 11.5 Å². The number of nitrogens with one attached hydrogen (secondary N) is 1. The summed E-state index contributed by atoms with van der Waals surface area (Å²) in [6.07, 6.45) is 5.82. The molecule has 2 heterocycles. The minimum Gasteiger partial charge on any atom is -0.480 e. The molecule has 0 amide bonds. The Hall–Kier alpha value is -1.66. The van der Waals surface area contributed by atoms with Crippen molar-refractivity contribution in [2.45, 2.75) is 30.8 Å². The van der Waals surface area contributed by atoms with Crippen LogP contribution in [-0.2, 0) is 4.79 Å². The van der Waals surface area contributed by atoms with E-state index in [-0.39, 0.29) is 6.04 Å². The van der Waals surface area contributed by atoms with Crippen LogP contribution in [0.5, 0.6) is 0 Å². The smallest absolute Gasteiger partial charge is 0.323 e. The predicted molar refractivity (Wildman–Crippen MR) is 77.9 cm³/mol. The van der Waals surface area contributed by atoms with Crippen LogP contribution in [0, 0.1) is 0 Å². The predicted octanol–water partition coefficient (Wildman–Crippen LogP) is 2.38. The highest BCUT2D eigenvalue weighted by Gasteiger charge is 2.45. The van der Waals surface area contributed by atoms with E-state index in [0.717, 1.165) is 17.1 Å². The summed E-state index contributed by atoms with van der Waals surface area (Å²) < 4.78 is 2.12. The molecule has 0 radical (unpaired) electrons. The number of aromatic nitrogens is 2. The SMILES string of the molecule is CNC1(C(=O)O)CCC(n2ccnc2-c2cccs2)C1. The molecule has 106 valence electrons. The van der Waals surface area contributed by atoms with Gasteiger partial charge in [-0.1, -0.05) is 6.07 Å². The molecule has 2 unspecified atom stereocenters. The first-order valence-electron chi connectivity index (χ1n) is 6.65. The van der Waals surface area contributed by atoms with E-state index in [1.807, 2.05) is 23.7 Å². The summed E-state index contributed by atoms with van der Waals surface area (Å²) in [4.78, 5) is 17.0. The molecule has 20 heavy (non-hydrogen) atoms. The second-order valence-corrected chi connectivity index (χ2v) is 6.12. The van der Waals surface area contributed by atoms with E-state index in [2.05, 4.69) is 14.9 Å². The van der Waals surface area contributed by atoms with Crippen molar-refractivity contribution in [1.82, 2.24) is 14.9 Å². The van der Waals surface area contributed by atoms with Crippen LogP contribution < -0.4 is 5.32 Å². The van der Waals surface area contributed by atoms with Gasteiger partial charge in [-0.15, -0.1) is 11.3 Å². The topological polar surface area (TPSA) is 67.2 Å². The Kier molecular flexibility index (Phi) is 3.35. The number of aliphatic carboxylic acids is 1. The Balaban J connectivity index is 1.89. The molecule has 0 aromatic carbocycles. The van der Waals surface area contributed by atoms with Gasteiger partial charge in [-0.25, -0.2) is 4.98 Å². The number of carboxylic acid groups (broad SMARTS) is 1. The van der Waals surface area contributed by atoms with Gasteiger partial charge < -0.3 is 15.0 Å². The van der Waals surface area contributed by atoms with Crippen LogP contribution in [0.3, 0.4) is 0 Å². The molecule has 0 aliphatic heterocycles. The highest BCUT2D eigenvalue weighted by molar-refractivity contribution is 7.13. The average Bonchev–Trinajstić information content (AvgIpc) is 3.17. The number of likely N-dealkylation sites (N-methyl/N-ethyl adjacent to an activating group) is 1. The summed E-state index contributed by atoms with van der Waals surface area (Å²) in [5, 5.41) is 14.5. The number of carboxylic acids is 1. The second-order valence-electron chi connectivity index (χ2n) is 5.17. The van der Waals surface area contributed by atoms with Crippen LogP contribution in [0.25, 0.3) is 10.7 Å². The number of rotatable bonds is 4. The highest BCUT2D eigenvalue weighted by Crippen LogP contribution is 2.40. The molecule has 6 heteroatoms. The Morgan fingerprint density at radius 2 is 2.50 bits per heavy atom. The van der Waals surface area contributed by atoms with E-state index >= 15 is 0 Å². The largest absolute Gasteiger partial charge is 0.480 e. The van der Waals surface area contributed by atoms with Crippen molar-refractivity contribution in [3.8, 4) is 10.7 Å². The Morgan fingerprint density at radius 1 is 1.65 bits per heavy atom. The summed E-state index contributed by atoms with van der Waals surface area (Å²) in [6, 6.07) is 4.22. The standard InChI is InChI=1S/C14H17N3O2S/c1-15-14(13(18)19)5-4-10(9-14)17-7-6-16-12(17)11-3-2-8-20-11/h2-3,6-8,10,15H,4-5,9H2,1H3,(H,18,19). The Bertz CT molecular complexity index is 608. The molecule has 2 atom stereocenters. The molecule has 3 rings (SSSR count). The van der Waals surface area contributed by atoms with Gasteiger partial charge in [0.2, 0.25) is 0 Å². The third kappa shape index (κ3) is 2.05. The van der Waals surface area contributed by atoms with Crippen LogP contribution in [-0.4, -0.2) is 33.2 Å². The van der Waals surface area contributed by atoms with Gasteiger partial charge >= 0.3 is 5.97 Å². The summed E-state index contributed by atoms with van der Waals surface area (Å²) in [6.45, 7) is 0. The van der Waals surface area contributed by atoms with E-state index in [1.165, 1.54) is 0 Å². The number of hydrogen-bond acceptors (Lipinski definition) is 4. The quantitative estimate of drug-likeness (QED) is 0.907. The van der Waals surface area contributed by atoms with Crippen molar-refractivity contribution >= 4 is 17.3 Å². The Labute approximate surface area is 121 Å². The zero-order chi connectivity index (χ0) is 14.2. The lowest BCUT2D eigenvalue weighted by molar-refractivity contribution is -0.144. The van der Waals surface area contributed by atoms with Gasteiger partial charge in [0.1, 0.15) is 11.4 Å². The number of hydrogen-bond donors (Lipinski definition) is 2. The Morgan fingerprint density at radius 3 is 3.10 bits per heavy atom. The van der Waals surface area contributed by atoms with Crippen molar-refractivity contribution in [2.75, 3.05) is 7.05 Å². The van der Waals surface area contributed by atoms with Crippen LogP contribution in [0.4, 0.5) is 0 Å². The molecule has 1 aliphatic carbocycles. The molecule has 2 aromatic rings. The maximum atomic E-state index is 11.5. The molecule has 2 N–H and O–H groups in total. The zero-order valence-electron chi connectivity index (χ0n) is 11.2. The molecule has 1 saturated carbocycles. The lowest BCUT2D eigenvalue weighted by Gasteiger charge is -2.24. The third-order valence-electron chi connectivity index (χ3n) is 4.18. The summed E-state index contributed by atoms with van der Waals surface area (Å²) in [5.41, 5.74) is -0.804. The second kappa shape index (κ2) is 5.03. The lowest BCUT2D eigenvalue weighted by Crippen LogP contribution is -2.48. The zero-order valence-corrected chi connectivity index (χ0v) is 12.1. The number of thiophene rings is 1. The third-order valence-corrected chi connectivity index (χ3v) is 5.05. The van der Waals surface area contributed by atoms with Gasteiger partial charge in [0.15, 0.2) is 0 Å². The van der Waals surface area contributed by atoms with Crippen molar-refractivity contribution in [3.05, 3.63) is 29.9 Å². The van der Waals surface area contributed by atoms with Crippen LogP contribution in [0.15, 0.2) is 29.9 Å². The highest BCUT2D eigenvalue weighted by atomic mass is 32.1. The van der Waals surface area contributed by atoms with Gasteiger partial charge in [0.05, 0.1) is 4.88 Å². The molecule has 5 nitrogen and oxygen atoms in total. The summed E-state index contributed by atoms with van der Waals surface area (Å²) in [7, 11) is 1.73. The van der Waals surface area contributed by atoms with E-state index in [1.54, 1.807) is 24.6 Å².